The van der Waals surface area contributed by atoms with E-state index in [1.807, 2.05) is 19.1 Å². The molecule has 6 heteroatoms. The monoisotopic (exact) mass is 430 g/mol. The number of benzene rings is 1. The van der Waals surface area contributed by atoms with E-state index in [0.29, 0.717) is 24.0 Å². The number of aryl methyl sites for hydroxylation is 1. The van der Waals surface area contributed by atoms with Gasteiger partial charge in [0.25, 0.3) is 0 Å². The van der Waals surface area contributed by atoms with Crippen LogP contribution in [-0.4, -0.2) is 20.5 Å². The van der Waals surface area contributed by atoms with Gasteiger partial charge in [-0.25, -0.2) is 4.68 Å². The molecule has 32 heavy (non-hydrogen) atoms. The summed E-state index contributed by atoms with van der Waals surface area (Å²) >= 11 is 0. The van der Waals surface area contributed by atoms with Crippen LogP contribution in [0.4, 0.5) is 5.95 Å². The zero-order chi connectivity index (χ0) is 22.8. The minimum absolute atomic E-state index is 0.0827. The van der Waals surface area contributed by atoms with Crippen LogP contribution in [0.5, 0.6) is 0 Å². The molecule has 0 fully saturated rings. The lowest BCUT2D eigenvalue weighted by Crippen LogP contribution is -2.36. The fraction of sp³-hybridized carbons (Fsp3) is 0.423. The second kappa shape index (κ2) is 6.92. The molecule has 1 N–H and O–H groups in total. The molecule has 1 aromatic carbocycles. The zero-order valence-electron chi connectivity index (χ0n) is 19.6. The quantitative estimate of drug-likeness (QED) is 0.556. The Balaban J connectivity index is 1.61. The van der Waals surface area contributed by atoms with E-state index >= 15 is 0 Å². The van der Waals surface area contributed by atoms with E-state index in [1.165, 1.54) is 5.56 Å². The number of hydrogen-bond donors (Lipinski definition) is 1. The number of carbonyl (C=O) groups excluding carboxylic acids is 1. The summed E-state index contributed by atoms with van der Waals surface area (Å²) in [5.41, 5.74) is 3.86. The molecule has 3 heterocycles. The summed E-state index contributed by atoms with van der Waals surface area (Å²) < 4.78 is 7.80. The van der Waals surface area contributed by atoms with Gasteiger partial charge in [0.2, 0.25) is 5.95 Å². The smallest absolute Gasteiger partial charge is 0.227 e. The average Bonchev–Trinajstić information content (AvgIpc) is 3.31. The Kier molecular flexibility index (Phi) is 4.49. The van der Waals surface area contributed by atoms with Crippen LogP contribution >= 0.6 is 0 Å². The summed E-state index contributed by atoms with van der Waals surface area (Å²) in [6.07, 6.45) is 1.29. The maximum atomic E-state index is 13.3. The zero-order valence-corrected chi connectivity index (χ0v) is 19.6. The molecular formula is C26H30N4O2. The Hall–Kier alpha value is -3.15. The van der Waals surface area contributed by atoms with Crippen molar-refractivity contribution >= 4 is 11.7 Å². The number of furan rings is 1. The highest BCUT2D eigenvalue weighted by Crippen LogP contribution is 2.46. The van der Waals surface area contributed by atoms with Gasteiger partial charge in [-0.2, -0.15) is 4.98 Å². The molecule has 0 amide bonds. The lowest BCUT2D eigenvalue weighted by Gasteiger charge is -2.37. The number of nitrogens with zero attached hydrogens (tertiary/aromatic N) is 3. The Bertz CT molecular complexity index is 1240. The minimum Gasteiger partial charge on any atom is -0.464 e. The van der Waals surface area contributed by atoms with Crippen molar-refractivity contribution in [3.63, 3.8) is 0 Å². The Labute approximate surface area is 188 Å². The maximum Gasteiger partial charge on any atom is 0.227 e. The molecule has 5 rings (SSSR count). The topological polar surface area (TPSA) is 73.0 Å². The minimum atomic E-state index is -0.409. The summed E-state index contributed by atoms with van der Waals surface area (Å²) in [5.74, 6) is 2.94. The van der Waals surface area contributed by atoms with Crippen molar-refractivity contribution in [1.82, 2.24) is 14.8 Å². The number of aromatic nitrogens is 3. The van der Waals surface area contributed by atoms with Gasteiger partial charge in [-0.15, -0.1) is 5.10 Å². The first kappa shape index (κ1) is 20.7. The van der Waals surface area contributed by atoms with Gasteiger partial charge < -0.3 is 9.73 Å². The van der Waals surface area contributed by atoms with Crippen LogP contribution in [0.25, 0.3) is 11.4 Å². The molecule has 0 radical (unpaired) electrons. The lowest BCUT2D eigenvalue weighted by molar-refractivity contribution is -0.118. The number of nitrogens with one attached hydrogen (secondary N) is 1. The molecule has 0 saturated heterocycles. The molecule has 0 spiro atoms. The van der Waals surface area contributed by atoms with Gasteiger partial charge in [0.15, 0.2) is 11.6 Å². The number of anilines is 1. The van der Waals surface area contributed by atoms with Crippen LogP contribution in [0.15, 0.2) is 52.1 Å². The number of hydrogen-bond acceptors (Lipinski definition) is 5. The van der Waals surface area contributed by atoms with E-state index in [4.69, 9.17) is 14.5 Å². The van der Waals surface area contributed by atoms with Crippen molar-refractivity contribution < 1.29 is 9.21 Å². The molecule has 2 aromatic heterocycles. The summed E-state index contributed by atoms with van der Waals surface area (Å²) in [6.45, 7) is 12.8. The third-order valence-electron chi connectivity index (χ3n) is 6.37. The molecule has 1 atom stereocenters. The Morgan fingerprint density at radius 2 is 1.81 bits per heavy atom. The number of rotatable bonds is 2. The second-order valence-corrected chi connectivity index (χ2v) is 10.8. The highest BCUT2D eigenvalue weighted by molar-refractivity contribution is 6.00. The molecule has 166 valence electrons. The number of ketones is 1. The van der Waals surface area contributed by atoms with Crippen LogP contribution in [0.2, 0.25) is 0 Å². The molecular weight excluding hydrogens is 400 g/mol. The highest BCUT2D eigenvalue weighted by Gasteiger charge is 2.43. The summed E-state index contributed by atoms with van der Waals surface area (Å²) in [5, 5.41) is 8.26. The maximum absolute atomic E-state index is 13.3. The van der Waals surface area contributed by atoms with Gasteiger partial charge in [0.05, 0.1) is 0 Å². The van der Waals surface area contributed by atoms with Crippen molar-refractivity contribution in [2.45, 2.75) is 65.8 Å². The summed E-state index contributed by atoms with van der Waals surface area (Å²) in [6, 6.07) is 11.8. The van der Waals surface area contributed by atoms with Crippen molar-refractivity contribution in [2.24, 2.45) is 5.41 Å². The summed E-state index contributed by atoms with van der Waals surface area (Å²) in [4.78, 5) is 18.1. The first-order valence-electron chi connectivity index (χ1n) is 11.2. The van der Waals surface area contributed by atoms with Crippen molar-refractivity contribution in [3.05, 3.63) is 64.8 Å². The van der Waals surface area contributed by atoms with E-state index < -0.39 is 6.04 Å². The van der Waals surface area contributed by atoms with Gasteiger partial charge >= 0.3 is 0 Å². The second-order valence-electron chi connectivity index (χ2n) is 10.8. The largest absolute Gasteiger partial charge is 0.464 e. The van der Waals surface area contributed by atoms with E-state index in [9.17, 15) is 4.79 Å². The van der Waals surface area contributed by atoms with Crippen LogP contribution < -0.4 is 5.32 Å². The molecule has 1 aliphatic carbocycles. The highest BCUT2D eigenvalue weighted by atomic mass is 16.3. The van der Waals surface area contributed by atoms with E-state index in [2.05, 4.69) is 64.2 Å². The number of carbonyl (C=O) groups is 1. The molecule has 2 aliphatic rings. The van der Waals surface area contributed by atoms with Crippen molar-refractivity contribution in [2.75, 3.05) is 5.32 Å². The molecule has 0 bridgehead atoms. The van der Waals surface area contributed by atoms with Gasteiger partial charge in [0, 0.05) is 23.3 Å². The predicted molar refractivity (Wildman–Crippen MR) is 124 cm³/mol. The molecule has 3 aromatic rings. The van der Waals surface area contributed by atoms with Crippen molar-refractivity contribution in [1.29, 1.82) is 0 Å². The molecule has 0 saturated carbocycles. The van der Waals surface area contributed by atoms with Gasteiger partial charge in [0.1, 0.15) is 17.6 Å². The van der Waals surface area contributed by atoms with E-state index in [0.717, 1.165) is 29.0 Å². The Morgan fingerprint density at radius 1 is 1.09 bits per heavy atom. The third kappa shape index (κ3) is 3.48. The summed E-state index contributed by atoms with van der Waals surface area (Å²) in [7, 11) is 0. The molecule has 6 nitrogen and oxygen atoms in total. The standard InChI is InChI=1S/C26H30N4O2/c1-15-7-12-20(32-15)22-21-18(13-26(5,6)14-19(21)31)27-24-28-23(29-30(22)24)16-8-10-17(11-9-16)25(2,3)4/h7-12,22H,13-14H2,1-6H3,(H,27,28,29). The normalized spacial score (nSPS) is 20.1. The molecule has 1 aliphatic heterocycles. The van der Waals surface area contributed by atoms with Crippen LogP contribution in [0, 0.1) is 12.3 Å². The van der Waals surface area contributed by atoms with Crippen LogP contribution in [0.3, 0.4) is 0 Å². The van der Waals surface area contributed by atoms with Crippen LogP contribution in [-0.2, 0) is 10.2 Å². The van der Waals surface area contributed by atoms with Crippen molar-refractivity contribution in [3.8, 4) is 11.4 Å². The van der Waals surface area contributed by atoms with E-state index in [-0.39, 0.29) is 16.6 Å². The third-order valence-corrected chi connectivity index (χ3v) is 6.37. The predicted octanol–water partition coefficient (Wildman–Crippen LogP) is 5.80. The lowest BCUT2D eigenvalue weighted by atomic mass is 9.73. The van der Waals surface area contributed by atoms with E-state index in [1.54, 1.807) is 4.68 Å². The number of fused-ring (bicyclic) bond motifs is 1. The van der Waals surface area contributed by atoms with Gasteiger partial charge in [-0.05, 0) is 41.9 Å². The first-order chi connectivity index (χ1) is 15.0. The molecule has 1 unspecified atom stereocenters. The van der Waals surface area contributed by atoms with Gasteiger partial charge in [-0.3, -0.25) is 4.79 Å². The SMILES string of the molecule is Cc1ccc(C2C3=C(CC(C)(C)CC3=O)Nc3nc(-c4ccc(C(C)(C)C)cc4)nn32)o1. The Morgan fingerprint density at radius 3 is 2.44 bits per heavy atom. The fourth-order valence-corrected chi connectivity index (χ4v) is 4.71. The van der Waals surface area contributed by atoms with Crippen LogP contribution in [0.1, 0.15) is 70.6 Å². The first-order valence-corrected chi connectivity index (χ1v) is 11.2. The van der Waals surface area contributed by atoms with Gasteiger partial charge in [-0.1, -0.05) is 58.9 Å². The number of allylic oxidation sites excluding steroid dienone is 2. The number of Topliss-reactive ketones (excluding diaryl/α,β-unsaturated/α-hetero) is 1. The average molecular weight is 431 g/mol. The fourth-order valence-electron chi connectivity index (χ4n) is 4.71.